The van der Waals surface area contributed by atoms with Gasteiger partial charge in [0.2, 0.25) is 0 Å². The second-order valence-corrected chi connectivity index (χ2v) is 3.67. The van der Waals surface area contributed by atoms with Gasteiger partial charge < -0.3 is 14.6 Å². The lowest BCUT2D eigenvalue weighted by Gasteiger charge is -2.14. The number of carboxylic acid groups (broad SMARTS) is 1. The van der Waals surface area contributed by atoms with Crippen LogP contribution < -0.4 is 9.47 Å². The van der Waals surface area contributed by atoms with Crippen LogP contribution in [0.25, 0.3) is 0 Å². The molecule has 0 aliphatic heterocycles. The molecule has 1 aromatic carbocycles. The van der Waals surface area contributed by atoms with Crippen LogP contribution in [0.3, 0.4) is 0 Å². The maximum absolute atomic E-state index is 12.3. The predicted molar refractivity (Wildman–Crippen MR) is 62.2 cm³/mol. The topological polar surface area (TPSA) is 98.9 Å². The number of carboxylic acids is 1. The summed E-state index contributed by atoms with van der Waals surface area (Å²) in [6.45, 7) is -3.16. The van der Waals surface area contributed by atoms with E-state index < -0.39 is 28.9 Å². The minimum absolute atomic E-state index is 0.0289. The molecule has 0 amide bonds. The van der Waals surface area contributed by atoms with E-state index in [0.29, 0.717) is 0 Å². The van der Waals surface area contributed by atoms with E-state index in [1.165, 1.54) is 0 Å². The summed E-state index contributed by atoms with van der Waals surface area (Å²) < 4.78 is 33.7. The average molecular weight is 291 g/mol. The highest BCUT2D eigenvalue weighted by molar-refractivity contribution is 5.67. The van der Waals surface area contributed by atoms with E-state index in [9.17, 15) is 23.7 Å². The highest BCUT2D eigenvalue weighted by Crippen LogP contribution is 2.37. The third kappa shape index (κ3) is 4.04. The molecule has 0 unspecified atom stereocenters. The number of benzene rings is 1. The molecule has 7 nitrogen and oxygen atoms in total. The fourth-order valence-corrected chi connectivity index (χ4v) is 1.55. The van der Waals surface area contributed by atoms with Gasteiger partial charge >= 0.3 is 12.6 Å². The van der Waals surface area contributed by atoms with Crippen LogP contribution in [0.5, 0.6) is 11.5 Å². The van der Waals surface area contributed by atoms with Gasteiger partial charge in [-0.25, -0.2) is 0 Å². The lowest BCUT2D eigenvalue weighted by molar-refractivity contribution is -0.385. The maximum Gasteiger partial charge on any atom is 0.387 e. The first-order valence-electron chi connectivity index (χ1n) is 5.37. The number of nitrogens with zero attached hydrogens (tertiary/aromatic N) is 1. The monoisotopic (exact) mass is 291 g/mol. The number of nitro benzene ring substituents is 1. The van der Waals surface area contributed by atoms with Crippen LogP contribution in [0, 0.1) is 10.1 Å². The van der Waals surface area contributed by atoms with Gasteiger partial charge in [-0.3, -0.25) is 14.9 Å². The molecule has 1 N–H and O–H groups in total. The number of ether oxygens (including phenoxy) is 2. The SMILES string of the molecule is COc1cc([N+](=O)[O-])cc(CCC(=O)O)c1OC(F)F. The number of alkyl halides is 2. The molecule has 110 valence electrons. The largest absolute Gasteiger partial charge is 0.493 e. The summed E-state index contributed by atoms with van der Waals surface area (Å²) in [6.07, 6.45) is -0.584. The first kappa shape index (κ1) is 15.6. The summed E-state index contributed by atoms with van der Waals surface area (Å²) in [6, 6.07) is 1.92. The molecule has 0 aliphatic rings. The zero-order valence-corrected chi connectivity index (χ0v) is 10.3. The summed E-state index contributed by atoms with van der Waals surface area (Å²) in [4.78, 5) is 20.5. The number of methoxy groups -OCH3 is 1. The molecule has 1 aromatic rings. The van der Waals surface area contributed by atoms with Crippen molar-refractivity contribution in [3.63, 3.8) is 0 Å². The Morgan fingerprint density at radius 2 is 2.15 bits per heavy atom. The second kappa shape index (κ2) is 6.64. The van der Waals surface area contributed by atoms with Crippen molar-refractivity contribution in [1.29, 1.82) is 0 Å². The number of aliphatic carboxylic acids is 1. The van der Waals surface area contributed by atoms with Crippen LogP contribution in [-0.2, 0) is 11.2 Å². The smallest absolute Gasteiger partial charge is 0.387 e. The highest BCUT2D eigenvalue weighted by atomic mass is 19.3. The molecule has 0 saturated carbocycles. The molecule has 0 heterocycles. The van der Waals surface area contributed by atoms with E-state index in [4.69, 9.17) is 9.84 Å². The molecule has 0 saturated heterocycles. The van der Waals surface area contributed by atoms with Crippen LogP contribution in [0.15, 0.2) is 12.1 Å². The van der Waals surface area contributed by atoms with Crippen LogP contribution in [0.4, 0.5) is 14.5 Å². The normalized spacial score (nSPS) is 10.4. The minimum Gasteiger partial charge on any atom is -0.493 e. The summed E-state index contributed by atoms with van der Waals surface area (Å²) in [5, 5.41) is 19.3. The number of hydrogen-bond acceptors (Lipinski definition) is 5. The quantitative estimate of drug-likeness (QED) is 0.611. The Hall–Kier alpha value is -2.45. The van der Waals surface area contributed by atoms with E-state index in [2.05, 4.69) is 4.74 Å². The molecular formula is C11H11F2NO6. The van der Waals surface area contributed by atoms with Gasteiger partial charge in [0.25, 0.3) is 5.69 Å². The zero-order chi connectivity index (χ0) is 15.3. The maximum atomic E-state index is 12.3. The molecule has 0 bridgehead atoms. The Morgan fingerprint density at radius 1 is 1.50 bits per heavy atom. The van der Waals surface area contributed by atoms with Crippen molar-refractivity contribution in [2.75, 3.05) is 7.11 Å². The average Bonchev–Trinajstić information content (AvgIpc) is 2.36. The van der Waals surface area contributed by atoms with Crippen LogP contribution in [-0.4, -0.2) is 29.7 Å². The van der Waals surface area contributed by atoms with E-state index in [1.54, 1.807) is 0 Å². The Bertz CT molecular complexity index is 520. The molecule has 0 spiro atoms. The molecule has 0 fully saturated rings. The highest BCUT2D eigenvalue weighted by Gasteiger charge is 2.21. The minimum atomic E-state index is -3.16. The molecule has 0 aliphatic carbocycles. The van der Waals surface area contributed by atoms with Gasteiger partial charge in [0.1, 0.15) is 0 Å². The molecule has 0 radical (unpaired) electrons. The first-order valence-corrected chi connectivity index (χ1v) is 5.37. The van der Waals surface area contributed by atoms with Gasteiger partial charge in [-0.15, -0.1) is 0 Å². The number of halogens is 2. The van der Waals surface area contributed by atoms with Crippen molar-refractivity contribution in [2.45, 2.75) is 19.5 Å². The van der Waals surface area contributed by atoms with Crippen LogP contribution in [0.2, 0.25) is 0 Å². The van der Waals surface area contributed by atoms with E-state index in [-0.39, 0.29) is 24.2 Å². The van der Waals surface area contributed by atoms with Crippen molar-refractivity contribution in [3.05, 3.63) is 27.8 Å². The van der Waals surface area contributed by atoms with Gasteiger partial charge in [0.15, 0.2) is 11.5 Å². The number of non-ortho nitro benzene ring substituents is 1. The molecular weight excluding hydrogens is 280 g/mol. The summed E-state index contributed by atoms with van der Waals surface area (Å²) in [7, 11) is 1.14. The summed E-state index contributed by atoms with van der Waals surface area (Å²) in [5.41, 5.74) is -0.428. The summed E-state index contributed by atoms with van der Waals surface area (Å²) >= 11 is 0. The Morgan fingerprint density at radius 3 is 2.60 bits per heavy atom. The van der Waals surface area contributed by atoms with E-state index in [0.717, 1.165) is 19.2 Å². The fourth-order valence-electron chi connectivity index (χ4n) is 1.55. The third-order valence-electron chi connectivity index (χ3n) is 2.36. The fraction of sp³-hybridized carbons (Fsp3) is 0.364. The molecule has 0 aromatic heterocycles. The number of hydrogen-bond donors (Lipinski definition) is 1. The third-order valence-corrected chi connectivity index (χ3v) is 2.36. The lowest BCUT2D eigenvalue weighted by atomic mass is 10.1. The number of aryl methyl sites for hydroxylation is 1. The number of nitro groups is 1. The standard InChI is InChI=1S/C11H11F2NO6/c1-19-8-5-7(14(17)18)4-6(2-3-9(15)16)10(8)20-11(12)13/h4-5,11H,2-3H2,1H3,(H,15,16). The van der Waals surface area contributed by atoms with Gasteiger partial charge in [-0.05, 0) is 6.42 Å². The van der Waals surface area contributed by atoms with E-state index >= 15 is 0 Å². The zero-order valence-electron chi connectivity index (χ0n) is 10.3. The second-order valence-electron chi connectivity index (χ2n) is 3.67. The molecule has 0 atom stereocenters. The van der Waals surface area contributed by atoms with Crippen molar-refractivity contribution >= 4 is 11.7 Å². The van der Waals surface area contributed by atoms with Gasteiger partial charge in [0.05, 0.1) is 18.1 Å². The molecule has 20 heavy (non-hydrogen) atoms. The number of carbonyl (C=O) groups is 1. The molecule has 1 rings (SSSR count). The van der Waals surface area contributed by atoms with Crippen molar-refractivity contribution in [3.8, 4) is 11.5 Å². The van der Waals surface area contributed by atoms with Gasteiger partial charge in [-0.1, -0.05) is 0 Å². The Balaban J connectivity index is 3.27. The van der Waals surface area contributed by atoms with Gasteiger partial charge in [-0.2, -0.15) is 8.78 Å². The lowest BCUT2D eigenvalue weighted by Crippen LogP contribution is -2.08. The Labute approximate surface area is 111 Å². The predicted octanol–water partition coefficient (Wildman–Crippen LogP) is 2.22. The van der Waals surface area contributed by atoms with E-state index in [1.807, 2.05) is 0 Å². The summed E-state index contributed by atoms with van der Waals surface area (Å²) in [5.74, 6) is -1.81. The Kier molecular flexibility index (Phi) is 5.18. The van der Waals surface area contributed by atoms with Crippen molar-refractivity contribution < 1.29 is 33.1 Å². The molecule has 9 heteroatoms. The van der Waals surface area contributed by atoms with Crippen molar-refractivity contribution in [2.24, 2.45) is 0 Å². The van der Waals surface area contributed by atoms with Crippen LogP contribution >= 0.6 is 0 Å². The van der Waals surface area contributed by atoms with Crippen molar-refractivity contribution in [1.82, 2.24) is 0 Å². The first-order chi connectivity index (χ1) is 9.35. The van der Waals surface area contributed by atoms with Crippen LogP contribution in [0.1, 0.15) is 12.0 Å². The van der Waals surface area contributed by atoms with Gasteiger partial charge in [0, 0.05) is 18.1 Å². The number of rotatable bonds is 7.